The minimum absolute atomic E-state index is 0.120. The molecule has 1 heterocycles. The second-order valence-corrected chi connectivity index (χ2v) is 5.74. The standard InChI is InChI=1S/C18H16F3N3O3/c1-23-16(13-5-9-14(26-2)10-6-13)22-24(17(23)25)11-12-3-7-15(8-4-12)27-18(19,20)21/h3-10H,11H2,1-2H3. The summed E-state index contributed by atoms with van der Waals surface area (Å²) in [4.78, 5) is 12.4. The number of halogens is 3. The quantitative estimate of drug-likeness (QED) is 0.683. The van der Waals surface area contributed by atoms with Crippen LogP contribution >= 0.6 is 0 Å². The molecule has 0 radical (unpaired) electrons. The van der Waals surface area contributed by atoms with Crippen molar-refractivity contribution in [2.24, 2.45) is 7.05 Å². The summed E-state index contributed by atoms with van der Waals surface area (Å²) < 4.78 is 48.2. The summed E-state index contributed by atoms with van der Waals surface area (Å²) in [5.74, 6) is 0.836. The summed E-state index contributed by atoms with van der Waals surface area (Å²) in [6.07, 6.45) is -4.74. The highest BCUT2D eigenvalue weighted by Crippen LogP contribution is 2.23. The minimum atomic E-state index is -4.74. The molecule has 3 rings (SSSR count). The predicted molar refractivity (Wildman–Crippen MR) is 91.7 cm³/mol. The van der Waals surface area contributed by atoms with E-state index in [0.717, 1.165) is 5.56 Å². The van der Waals surface area contributed by atoms with Gasteiger partial charge in [0, 0.05) is 12.6 Å². The molecule has 6 nitrogen and oxygen atoms in total. The molecular formula is C18H16F3N3O3. The SMILES string of the molecule is COc1ccc(-c2nn(Cc3ccc(OC(F)(F)F)cc3)c(=O)n2C)cc1. The number of hydrogen-bond acceptors (Lipinski definition) is 4. The van der Waals surface area contributed by atoms with Crippen LogP contribution in [0.15, 0.2) is 53.3 Å². The molecule has 0 saturated carbocycles. The van der Waals surface area contributed by atoms with E-state index in [1.807, 2.05) is 0 Å². The van der Waals surface area contributed by atoms with E-state index < -0.39 is 6.36 Å². The van der Waals surface area contributed by atoms with E-state index in [-0.39, 0.29) is 18.0 Å². The highest BCUT2D eigenvalue weighted by Gasteiger charge is 2.30. The minimum Gasteiger partial charge on any atom is -0.497 e. The molecule has 1 aromatic heterocycles. The van der Waals surface area contributed by atoms with Gasteiger partial charge < -0.3 is 9.47 Å². The van der Waals surface area contributed by atoms with Gasteiger partial charge in [0.2, 0.25) is 0 Å². The van der Waals surface area contributed by atoms with Crippen molar-refractivity contribution in [3.8, 4) is 22.9 Å². The number of methoxy groups -OCH3 is 1. The zero-order valence-electron chi connectivity index (χ0n) is 14.5. The highest BCUT2D eigenvalue weighted by atomic mass is 19.4. The monoisotopic (exact) mass is 379 g/mol. The van der Waals surface area contributed by atoms with Crippen LogP contribution in [0.3, 0.4) is 0 Å². The van der Waals surface area contributed by atoms with Crippen LogP contribution in [0.25, 0.3) is 11.4 Å². The molecule has 142 valence electrons. The molecule has 2 aromatic carbocycles. The molecule has 0 saturated heterocycles. The second kappa shape index (κ2) is 7.18. The number of alkyl halides is 3. The van der Waals surface area contributed by atoms with Gasteiger partial charge in [0.15, 0.2) is 5.82 Å². The molecular weight excluding hydrogens is 363 g/mol. The van der Waals surface area contributed by atoms with Gasteiger partial charge in [-0.1, -0.05) is 12.1 Å². The third-order valence-corrected chi connectivity index (χ3v) is 3.88. The van der Waals surface area contributed by atoms with Crippen molar-refractivity contribution in [3.63, 3.8) is 0 Å². The molecule has 0 spiro atoms. The first kappa shape index (κ1) is 18.6. The Morgan fingerprint density at radius 3 is 2.15 bits per heavy atom. The zero-order valence-corrected chi connectivity index (χ0v) is 14.5. The lowest BCUT2D eigenvalue weighted by molar-refractivity contribution is -0.274. The molecule has 0 fully saturated rings. The maximum Gasteiger partial charge on any atom is 0.573 e. The van der Waals surface area contributed by atoms with Gasteiger partial charge in [-0.2, -0.15) is 0 Å². The molecule has 0 amide bonds. The maximum absolute atomic E-state index is 12.4. The van der Waals surface area contributed by atoms with Crippen molar-refractivity contribution in [1.29, 1.82) is 0 Å². The van der Waals surface area contributed by atoms with Crippen LogP contribution in [-0.2, 0) is 13.6 Å². The molecule has 3 aromatic rings. The van der Waals surface area contributed by atoms with Crippen molar-refractivity contribution < 1.29 is 22.6 Å². The molecule has 0 N–H and O–H groups in total. The van der Waals surface area contributed by atoms with Gasteiger partial charge in [0.05, 0.1) is 13.7 Å². The van der Waals surface area contributed by atoms with E-state index in [9.17, 15) is 18.0 Å². The van der Waals surface area contributed by atoms with Gasteiger partial charge in [0.1, 0.15) is 11.5 Å². The summed E-state index contributed by atoms with van der Waals surface area (Å²) in [5, 5.41) is 4.33. The van der Waals surface area contributed by atoms with Gasteiger partial charge >= 0.3 is 12.1 Å². The Balaban J connectivity index is 1.82. The van der Waals surface area contributed by atoms with Crippen LogP contribution in [0.5, 0.6) is 11.5 Å². The number of ether oxygens (including phenoxy) is 2. The van der Waals surface area contributed by atoms with Crippen LogP contribution < -0.4 is 15.2 Å². The maximum atomic E-state index is 12.4. The largest absolute Gasteiger partial charge is 0.573 e. The van der Waals surface area contributed by atoms with Gasteiger partial charge in [0.25, 0.3) is 0 Å². The number of hydrogen-bond donors (Lipinski definition) is 0. The van der Waals surface area contributed by atoms with Crippen molar-refractivity contribution >= 4 is 0 Å². The van der Waals surface area contributed by atoms with Crippen molar-refractivity contribution in [3.05, 3.63) is 64.6 Å². The van der Waals surface area contributed by atoms with Crippen LogP contribution in [0.2, 0.25) is 0 Å². The third kappa shape index (κ3) is 4.30. The summed E-state index contributed by atoms with van der Waals surface area (Å²) in [7, 11) is 3.16. The fourth-order valence-corrected chi connectivity index (χ4v) is 2.55. The summed E-state index contributed by atoms with van der Waals surface area (Å²) in [6, 6.07) is 12.4. The predicted octanol–water partition coefficient (Wildman–Crippen LogP) is 3.20. The fourth-order valence-electron chi connectivity index (χ4n) is 2.55. The number of rotatable bonds is 5. The first-order valence-corrected chi connectivity index (χ1v) is 7.90. The highest BCUT2D eigenvalue weighted by molar-refractivity contribution is 5.56. The lowest BCUT2D eigenvalue weighted by atomic mass is 10.2. The molecule has 0 aliphatic carbocycles. The molecule has 27 heavy (non-hydrogen) atoms. The van der Waals surface area contributed by atoms with Crippen LogP contribution in [0.1, 0.15) is 5.56 Å². The Morgan fingerprint density at radius 1 is 1.00 bits per heavy atom. The molecule has 0 atom stereocenters. The van der Waals surface area contributed by atoms with E-state index in [4.69, 9.17) is 4.74 Å². The van der Waals surface area contributed by atoms with E-state index in [2.05, 4.69) is 9.84 Å². The Labute approximate surface area is 152 Å². The molecule has 0 aliphatic heterocycles. The number of benzene rings is 2. The molecule has 9 heteroatoms. The lowest BCUT2D eigenvalue weighted by Crippen LogP contribution is -2.23. The topological polar surface area (TPSA) is 58.3 Å². The first-order valence-electron chi connectivity index (χ1n) is 7.90. The van der Waals surface area contributed by atoms with E-state index in [0.29, 0.717) is 17.1 Å². The van der Waals surface area contributed by atoms with Crippen LogP contribution in [-0.4, -0.2) is 27.8 Å². The zero-order chi connectivity index (χ0) is 19.6. The third-order valence-electron chi connectivity index (χ3n) is 3.88. The number of aromatic nitrogens is 3. The van der Waals surface area contributed by atoms with E-state index in [1.54, 1.807) is 38.4 Å². The van der Waals surface area contributed by atoms with Gasteiger partial charge in [-0.15, -0.1) is 18.3 Å². The fraction of sp³-hybridized carbons (Fsp3) is 0.222. The van der Waals surface area contributed by atoms with Crippen molar-refractivity contribution in [1.82, 2.24) is 14.3 Å². The van der Waals surface area contributed by atoms with Gasteiger partial charge in [-0.25, -0.2) is 9.48 Å². The summed E-state index contributed by atoms with van der Waals surface area (Å²) >= 11 is 0. The average Bonchev–Trinajstić information content (AvgIpc) is 2.91. The lowest BCUT2D eigenvalue weighted by Gasteiger charge is -2.09. The van der Waals surface area contributed by atoms with Crippen molar-refractivity contribution in [2.75, 3.05) is 7.11 Å². The van der Waals surface area contributed by atoms with Gasteiger partial charge in [-0.3, -0.25) is 4.57 Å². The average molecular weight is 379 g/mol. The van der Waals surface area contributed by atoms with Gasteiger partial charge in [-0.05, 0) is 42.0 Å². The van der Waals surface area contributed by atoms with E-state index >= 15 is 0 Å². The van der Waals surface area contributed by atoms with Crippen LogP contribution in [0, 0.1) is 0 Å². The van der Waals surface area contributed by atoms with E-state index in [1.165, 1.54) is 33.5 Å². The summed E-state index contributed by atoms with van der Waals surface area (Å²) in [6.45, 7) is 0.120. The Kier molecular flexibility index (Phi) is 4.93. The van der Waals surface area contributed by atoms with Crippen LogP contribution in [0.4, 0.5) is 13.2 Å². The normalized spacial score (nSPS) is 11.4. The summed E-state index contributed by atoms with van der Waals surface area (Å²) in [5.41, 5.74) is 1.02. The smallest absolute Gasteiger partial charge is 0.497 e. The first-order chi connectivity index (χ1) is 12.8. The van der Waals surface area contributed by atoms with Crippen molar-refractivity contribution in [2.45, 2.75) is 12.9 Å². The Hall–Kier alpha value is -3.23. The number of nitrogens with zero attached hydrogens (tertiary/aromatic N) is 3. The Bertz CT molecular complexity index is 974. The Morgan fingerprint density at radius 2 is 1.59 bits per heavy atom. The molecule has 0 aliphatic rings. The molecule has 0 unspecified atom stereocenters. The molecule has 0 bridgehead atoms. The second-order valence-electron chi connectivity index (χ2n) is 5.74.